The summed E-state index contributed by atoms with van der Waals surface area (Å²) >= 11 is 12.1. The summed E-state index contributed by atoms with van der Waals surface area (Å²) in [5, 5.41) is 7.77. The monoisotopic (exact) mass is 442 g/mol. The van der Waals surface area contributed by atoms with E-state index >= 15 is 0 Å². The molecule has 0 saturated heterocycles. The van der Waals surface area contributed by atoms with Crippen molar-refractivity contribution in [1.29, 1.82) is 0 Å². The molecule has 0 aliphatic carbocycles. The predicted molar refractivity (Wildman–Crippen MR) is 116 cm³/mol. The summed E-state index contributed by atoms with van der Waals surface area (Å²) in [5.74, 6) is 0.675. The van der Waals surface area contributed by atoms with E-state index in [4.69, 9.17) is 23.2 Å². The average Bonchev–Trinajstić information content (AvgIpc) is 2.69. The number of guanidine groups is 1. The highest BCUT2D eigenvalue weighted by atomic mass is 35.5. The van der Waals surface area contributed by atoms with Crippen LogP contribution >= 0.6 is 23.2 Å². The molecule has 0 amide bonds. The maximum atomic E-state index is 11.7. The summed E-state index contributed by atoms with van der Waals surface area (Å²) in [4.78, 5) is 4.43. The molecule has 6 nitrogen and oxygen atoms in total. The fourth-order valence-electron chi connectivity index (χ4n) is 2.52. The summed E-state index contributed by atoms with van der Waals surface area (Å²) in [6, 6.07) is 12.2. The number of benzene rings is 2. The molecule has 0 aromatic heterocycles. The minimum atomic E-state index is -3.42. The second-order valence-electron chi connectivity index (χ2n) is 6.04. The van der Waals surface area contributed by atoms with Crippen LogP contribution in [0.25, 0.3) is 0 Å². The zero-order chi connectivity index (χ0) is 20.6. The normalized spacial score (nSPS) is 12.1. The third kappa shape index (κ3) is 6.67. The van der Waals surface area contributed by atoms with Crippen LogP contribution < -0.4 is 15.4 Å². The second kappa shape index (κ2) is 10.7. The highest BCUT2D eigenvalue weighted by molar-refractivity contribution is 7.89. The largest absolute Gasteiger partial charge is 0.356 e. The van der Waals surface area contributed by atoms with Gasteiger partial charge in [-0.05, 0) is 55.3 Å². The average molecular weight is 443 g/mol. The van der Waals surface area contributed by atoms with E-state index in [9.17, 15) is 8.42 Å². The van der Waals surface area contributed by atoms with Gasteiger partial charge in [-0.1, -0.05) is 41.4 Å². The molecule has 0 spiro atoms. The third-order valence-electron chi connectivity index (χ3n) is 4.12. The number of sulfonamides is 1. The van der Waals surface area contributed by atoms with Crippen LogP contribution in [-0.4, -0.2) is 35.0 Å². The van der Waals surface area contributed by atoms with E-state index in [1.54, 1.807) is 37.4 Å². The predicted octanol–water partition coefficient (Wildman–Crippen LogP) is 3.20. The Bertz CT molecular complexity index is 916. The SMILES string of the molecule is CN=C(NCCCc1ccc(Cl)cc1Cl)NCc1ccc(S(=O)(=O)NC)cc1. The van der Waals surface area contributed by atoms with Crippen LogP contribution in [0.2, 0.25) is 10.0 Å². The molecule has 9 heteroatoms. The number of halogens is 2. The van der Waals surface area contributed by atoms with E-state index in [-0.39, 0.29) is 4.90 Å². The van der Waals surface area contributed by atoms with E-state index < -0.39 is 10.0 Å². The first-order chi connectivity index (χ1) is 13.4. The van der Waals surface area contributed by atoms with Gasteiger partial charge < -0.3 is 10.6 Å². The van der Waals surface area contributed by atoms with Gasteiger partial charge in [0.15, 0.2) is 5.96 Å². The molecule has 0 unspecified atom stereocenters. The van der Waals surface area contributed by atoms with Crippen LogP contribution in [0.15, 0.2) is 52.4 Å². The van der Waals surface area contributed by atoms with Crippen molar-refractivity contribution in [3.05, 3.63) is 63.6 Å². The van der Waals surface area contributed by atoms with Gasteiger partial charge in [0.05, 0.1) is 4.90 Å². The Morgan fingerprint density at radius 1 is 1.07 bits per heavy atom. The number of nitrogens with zero attached hydrogens (tertiary/aromatic N) is 1. The smallest absolute Gasteiger partial charge is 0.240 e. The van der Waals surface area contributed by atoms with Crippen molar-refractivity contribution < 1.29 is 8.42 Å². The van der Waals surface area contributed by atoms with E-state index in [0.29, 0.717) is 22.5 Å². The number of aliphatic imine (C=N–C) groups is 1. The zero-order valence-electron chi connectivity index (χ0n) is 15.8. The van der Waals surface area contributed by atoms with Crippen LogP contribution in [0.5, 0.6) is 0 Å². The minimum absolute atomic E-state index is 0.238. The Morgan fingerprint density at radius 2 is 1.79 bits per heavy atom. The van der Waals surface area contributed by atoms with Crippen molar-refractivity contribution in [3.63, 3.8) is 0 Å². The molecule has 0 bridgehead atoms. The molecular formula is C19H24Cl2N4O2S. The van der Waals surface area contributed by atoms with Gasteiger partial charge in [0, 0.05) is 30.2 Å². The van der Waals surface area contributed by atoms with E-state index in [1.807, 2.05) is 12.1 Å². The fraction of sp³-hybridized carbons (Fsp3) is 0.316. The standard InChI is InChI=1S/C19H24Cl2N4O2S/c1-22-19(24-11-3-4-15-7-8-16(20)12-18(15)21)25-13-14-5-9-17(10-6-14)28(26,27)23-2/h5-10,12,23H,3-4,11,13H2,1-2H3,(H2,22,24,25). The quantitative estimate of drug-likeness (QED) is 0.333. The summed E-state index contributed by atoms with van der Waals surface area (Å²) < 4.78 is 25.8. The Balaban J connectivity index is 1.78. The summed E-state index contributed by atoms with van der Waals surface area (Å²) in [5.41, 5.74) is 2.01. The second-order valence-corrected chi connectivity index (χ2v) is 8.77. The van der Waals surface area contributed by atoms with Gasteiger partial charge in [-0.2, -0.15) is 0 Å². The van der Waals surface area contributed by atoms with Crippen molar-refractivity contribution in [2.45, 2.75) is 24.3 Å². The van der Waals surface area contributed by atoms with Crippen molar-refractivity contribution in [1.82, 2.24) is 15.4 Å². The number of rotatable bonds is 8. The minimum Gasteiger partial charge on any atom is -0.356 e. The summed E-state index contributed by atoms with van der Waals surface area (Å²) in [6.07, 6.45) is 1.72. The summed E-state index contributed by atoms with van der Waals surface area (Å²) in [6.45, 7) is 1.26. The molecule has 2 aromatic rings. The van der Waals surface area contributed by atoms with Crippen molar-refractivity contribution in [3.8, 4) is 0 Å². The number of hydrogen-bond acceptors (Lipinski definition) is 3. The maximum absolute atomic E-state index is 11.7. The summed E-state index contributed by atoms with van der Waals surface area (Å²) in [7, 11) is -0.325. The Morgan fingerprint density at radius 3 is 2.39 bits per heavy atom. The maximum Gasteiger partial charge on any atom is 0.240 e. The van der Waals surface area contributed by atoms with Crippen LogP contribution in [0.3, 0.4) is 0 Å². The highest BCUT2D eigenvalue weighted by Crippen LogP contribution is 2.21. The molecule has 3 N–H and O–H groups in total. The number of nitrogens with one attached hydrogen (secondary N) is 3. The van der Waals surface area contributed by atoms with E-state index in [2.05, 4.69) is 20.3 Å². The lowest BCUT2D eigenvalue weighted by Crippen LogP contribution is -2.37. The molecule has 2 rings (SSSR count). The van der Waals surface area contributed by atoms with Gasteiger partial charge in [-0.3, -0.25) is 4.99 Å². The highest BCUT2D eigenvalue weighted by Gasteiger charge is 2.10. The lowest BCUT2D eigenvalue weighted by Gasteiger charge is -2.12. The van der Waals surface area contributed by atoms with Crippen molar-refractivity contribution in [2.24, 2.45) is 4.99 Å². The molecule has 152 valence electrons. The molecular weight excluding hydrogens is 419 g/mol. The molecule has 0 atom stereocenters. The first-order valence-corrected chi connectivity index (χ1v) is 11.0. The number of hydrogen-bond donors (Lipinski definition) is 3. The van der Waals surface area contributed by atoms with Crippen molar-refractivity contribution in [2.75, 3.05) is 20.6 Å². The first kappa shape index (κ1) is 22.5. The van der Waals surface area contributed by atoms with Gasteiger partial charge >= 0.3 is 0 Å². The van der Waals surface area contributed by atoms with Gasteiger partial charge in [0.25, 0.3) is 0 Å². The molecule has 0 radical (unpaired) electrons. The van der Waals surface area contributed by atoms with Gasteiger partial charge in [-0.15, -0.1) is 0 Å². The van der Waals surface area contributed by atoms with Gasteiger partial charge in [-0.25, -0.2) is 13.1 Å². The lowest BCUT2D eigenvalue weighted by molar-refractivity contribution is 0.588. The van der Waals surface area contributed by atoms with Crippen LogP contribution in [0, 0.1) is 0 Å². The molecule has 0 aliphatic heterocycles. The van der Waals surface area contributed by atoms with Gasteiger partial charge in [0.2, 0.25) is 10.0 Å². The zero-order valence-corrected chi connectivity index (χ0v) is 18.1. The molecule has 2 aromatic carbocycles. The van der Waals surface area contributed by atoms with Gasteiger partial charge in [0.1, 0.15) is 0 Å². The van der Waals surface area contributed by atoms with Crippen LogP contribution in [-0.2, 0) is 23.0 Å². The van der Waals surface area contributed by atoms with Crippen molar-refractivity contribution >= 4 is 39.2 Å². The lowest BCUT2D eigenvalue weighted by atomic mass is 10.1. The molecule has 0 saturated carbocycles. The Labute approximate surface area is 176 Å². The molecule has 28 heavy (non-hydrogen) atoms. The number of aryl methyl sites for hydroxylation is 1. The van der Waals surface area contributed by atoms with Crippen LogP contribution in [0.1, 0.15) is 17.5 Å². The van der Waals surface area contributed by atoms with E-state index in [0.717, 1.165) is 30.5 Å². The fourth-order valence-corrected chi connectivity index (χ4v) is 3.75. The molecule has 0 fully saturated rings. The first-order valence-electron chi connectivity index (χ1n) is 8.76. The Hall–Kier alpha value is -1.80. The van der Waals surface area contributed by atoms with E-state index in [1.165, 1.54) is 7.05 Å². The van der Waals surface area contributed by atoms with Crippen LogP contribution in [0.4, 0.5) is 0 Å². The third-order valence-corrected chi connectivity index (χ3v) is 6.13. The molecule has 0 heterocycles. The molecule has 0 aliphatic rings. The topological polar surface area (TPSA) is 82.6 Å². The Kier molecular flexibility index (Phi) is 8.57.